The van der Waals surface area contributed by atoms with Crippen molar-refractivity contribution in [1.82, 2.24) is 25.4 Å². The van der Waals surface area contributed by atoms with Gasteiger partial charge in [0.05, 0.1) is 5.69 Å². The van der Waals surface area contributed by atoms with Crippen LogP contribution in [0.1, 0.15) is 57.1 Å². The van der Waals surface area contributed by atoms with Crippen LogP contribution in [0.5, 0.6) is 0 Å². The first-order chi connectivity index (χ1) is 14.3. The standard InChI is InChI=1S/C23H40N6/c1-24-23(26-14-5-2-7-15-28-16-8-3-9-17-28)27-21-11-18-29(19-12-21)20-22-10-4-6-13-25-22/h4,6,10,13,21H,2-3,5,7-9,11-12,14-20H2,1H3,(H2,24,26,27). The smallest absolute Gasteiger partial charge is 0.191 e. The van der Waals surface area contributed by atoms with Crippen LogP contribution in [0.15, 0.2) is 29.4 Å². The number of piperidine rings is 2. The third-order valence-electron chi connectivity index (χ3n) is 6.16. The molecule has 2 N–H and O–H groups in total. The fraction of sp³-hybridized carbons (Fsp3) is 0.739. The first-order valence-electron chi connectivity index (χ1n) is 11.7. The molecule has 0 bridgehead atoms. The maximum absolute atomic E-state index is 4.45. The van der Waals surface area contributed by atoms with Crippen LogP contribution in [0, 0.1) is 0 Å². The van der Waals surface area contributed by atoms with Crippen LogP contribution in [-0.4, -0.2) is 73.1 Å². The minimum absolute atomic E-state index is 0.514. The molecule has 0 amide bonds. The number of guanidine groups is 1. The van der Waals surface area contributed by atoms with Crippen molar-refractivity contribution in [2.45, 2.75) is 64.0 Å². The van der Waals surface area contributed by atoms with Gasteiger partial charge in [0.1, 0.15) is 0 Å². The van der Waals surface area contributed by atoms with Gasteiger partial charge in [-0.1, -0.05) is 18.9 Å². The Labute approximate surface area is 177 Å². The molecule has 1 aromatic rings. The summed E-state index contributed by atoms with van der Waals surface area (Å²) in [4.78, 5) is 14.0. The Balaban J connectivity index is 1.24. The molecule has 0 saturated carbocycles. The van der Waals surface area contributed by atoms with Gasteiger partial charge in [-0.3, -0.25) is 14.9 Å². The molecule has 3 heterocycles. The fourth-order valence-corrected chi connectivity index (χ4v) is 4.37. The molecule has 0 aromatic carbocycles. The maximum atomic E-state index is 4.45. The molecule has 0 unspecified atom stereocenters. The highest BCUT2D eigenvalue weighted by Gasteiger charge is 2.20. The van der Waals surface area contributed by atoms with Crippen molar-refractivity contribution in [2.75, 3.05) is 46.3 Å². The summed E-state index contributed by atoms with van der Waals surface area (Å²) in [5.41, 5.74) is 1.16. The quantitative estimate of drug-likeness (QED) is 0.379. The third-order valence-corrected chi connectivity index (χ3v) is 6.16. The molecule has 29 heavy (non-hydrogen) atoms. The molecule has 2 aliphatic rings. The van der Waals surface area contributed by atoms with E-state index in [-0.39, 0.29) is 0 Å². The summed E-state index contributed by atoms with van der Waals surface area (Å²) in [6, 6.07) is 6.68. The zero-order chi connectivity index (χ0) is 20.2. The maximum Gasteiger partial charge on any atom is 0.191 e. The van der Waals surface area contributed by atoms with Crippen LogP contribution in [-0.2, 0) is 6.54 Å². The third kappa shape index (κ3) is 8.31. The van der Waals surface area contributed by atoms with Crippen LogP contribution in [0.2, 0.25) is 0 Å². The SMILES string of the molecule is CN=C(NCCCCCN1CCCCC1)NC1CCN(Cc2ccccn2)CC1. The number of hydrogen-bond donors (Lipinski definition) is 2. The number of aliphatic imine (C=N–C) groups is 1. The van der Waals surface area contributed by atoms with E-state index in [0.29, 0.717) is 6.04 Å². The molecule has 1 aromatic heterocycles. The number of rotatable bonds is 9. The molecule has 0 atom stereocenters. The van der Waals surface area contributed by atoms with Crippen LogP contribution < -0.4 is 10.6 Å². The summed E-state index contributed by atoms with van der Waals surface area (Å²) in [5.74, 6) is 0.962. The second kappa shape index (κ2) is 12.8. The van der Waals surface area contributed by atoms with Gasteiger partial charge >= 0.3 is 0 Å². The average molecular weight is 401 g/mol. The minimum atomic E-state index is 0.514. The molecule has 6 nitrogen and oxygen atoms in total. The lowest BCUT2D eigenvalue weighted by atomic mass is 10.0. The predicted octanol–water partition coefficient (Wildman–Crippen LogP) is 2.87. The van der Waals surface area contributed by atoms with E-state index in [9.17, 15) is 0 Å². The second-order valence-corrected chi connectivity index (χ2v) is 8.48. The molecular weight excluding hydrogens is 360 g/mol. The number of nitrogens with one attached hydrogen (secondary N) is 2. The van der Waals surface area contributed by atoms with Gasteiger partial charge in [-0.25, -0.2) is 0 Å². The summed E-state index contributed by atoms with van der Waals surface area (Å²) in [6.45, 7) is 8.11. The summed E-state index contributed by atoms with van der Waals surface area (Å²) in [7, 11) is 1.88. The van der Waals surface area contributed by atoms with Gasteiger partial charge in [0.15, 0.2) is 5.96 Å². The van der Waals surface area contributed by atoms with Gasteiger partial charge in [-0.05, 0) is 70.3 Å². The van der Waals surface area contributed by atoms with Crippen molar-refractivity contribution in [3.8, 4) is 0 Å². The zero-order valence-corrected chi connectivity index (χ0v) is 18.3. The molecule has 162 valence electrons. The lowest BCUT2D eigenvalue weighted by Crippen LogP contribution is -2.48. The average Bonchev–Trinajstić information content (AvgIpc) is 2.78. The van der Waals surface area contributed by atoms with E-state index in [0.717, 1.165) is 50.7 Å². The van der Waals surface area contributed by atoms with Crippen molar-refractivity contribution in [3.63, 3.8) is 0 Å². The van der Waals surface area contributed by atoms with Gasteiger partial charge in [-0.15, -0.1) is 0 Å². The monoisotopic (exact) mass is 400 g/mol. The Hall–Kier alpha value is -1.66. The van der Waals surface area contributed by atoms with E-state index in [4.69, 9.17) is 0 Å². The molecule has 2 saturated heterocycles. The van der Waals surface area contributed by atoms with Crippen molar-refractivity contribution in [2.24, 2.45) is 4.99 Å². The van der Waals surface area contributed by atoms with E-state index in [2.05, 4.69) is 42.5 Å². The van der Waals surface area contributed by atoms with Gasteiger partial charge in [-0.2, -0.15) is 0 Å². The van der Waals surface area contributed by atoms with Gasteiger partial charge < -0.3 is 15.5 Å². The Morgan fingerprint density at radius 1 is 1.03 bits per heavy atom. The first kappa shape index (κ1) is 22.0. The van der Waals surface area contributed by atoms with E-state index >= 15 is 0 Å². The van der Waals surface area contributed by atoms with Gasteiger partial charge in [0.2, 0.25) is 0 Å². The van der Waals surface area contributed by atoms with Crippen LogP contribution >= 0.6 is 0 Å². The molecule has 2 aliphatic heterocycles. The molecule has 6 heteroatoms. The number of pyridine rings is 1. The summed E-state index contributed by atoms with van der Waals surface area (Å²) in [5, 5.41) is 7.13. The van der Waals surface area contributed by atoms with Crippen molar-refractivity contribution < 1.29 is 0 Å². The number of hydrogen-bond acceptors (Lipinski definition) is 4. The Bertz CT molecular complexity index is 576. The molecule has 2 fully saturated rings. The van der Waals surface area contributed by atoms with Crippen LogP contribution in [0.3, 0.4) is 0 Å². The fourth-order valence-electron chi connectivity index (χ4n) is 4.37. The van der Waals surface area contributed by atoms with E-state index < -0.39 is 0 Å². The summed E-state index contributed by atoms with van der Waals surface area (Å²) < 4.78 is 0. The highest BCUT2D eigenvalue weighted by molar-refractivity contribution is 5.79. The molecule has 0 aliphatic carbocycles. The lowest BCUT2D eigenvalue weighted by molar-refractivity contribution is 0.196. The molecular formula is C23H40N6. The van der Waals surface area contributed by atoms with E-state index in [1.54, 1.807) is 0 Å². The number of likely N-dealkylation sites (tertiary alicyclic amines) is 2. The highest BCUT2D eigenvalue weighted by atomic mass is 15.2. The molecule has 0 radical (unpaired) electrons. The van der Waals surface area contributed by atoms with Gasteiger partial charge in [0.25, 0.3) is 0 Å². The predicted molar refractivity (Wildman–Crippen MR) is 121 cm³/mol. The topological polar surface area (TPSA) is 55.8 Å². The molecule has 0 spiro atoms. The second-order valence-electron chi connectivity index (χ2n) is 8.48. The van der Waals surface area contributed by atoms with Crippen molar-refractivity contribution >= 4 is 5.96 Å². The van der Waals surface area contributed by atoms with Crippen molar-refractivity contribution in [3.05, 3.63) is 30.1 Å². The van der Waals surface area contributed by atoms with E-state index in [1.807, 2.05) is 19.3 Å². The normalized spacial score (nSPS) is 20.0. The summed E-state index contributed by atoms with van der Waals surface area (Å²) >= 11 is 0. The Kier molecular flexibility index (Phi) is 9.73. The van der Waals surface area contributed by atoms with Crippen LogP contribution in [0.25, 0.3) is 0 Å². The Morgan fingerprint density at radius 2 is 1.86 bits per heavy atom. The largest absolute Gasteiger partial charge is 0.356 e. The number of nitrogens with zero attached hydrogens (tertiary/aromatic N) is 4. The highest BCUT2D eigenvalue weighted by Crippen LogP contribution is 2.13. The number of aromatic nitrogens is 1. The summed E-state index contributed by atoms with van der Waals surface area (Å²) in [6.07, 6.45) is 12.2. The van der Waals surface area contributed by atoms with Crippen LogP contribution in [0.4, 0.5) is 0 Å². The minimum Gasteiger partial charge on any atom is -0.356 e. The molecule has 3 rings (SSSR count). The zero-order valence-electron chi connectivity index (χ0n) is 18.3. The van der Waals surface area contributed by atoms with Crippen molar-refractivity contribution in [1.29, 1.82) is 0 Å². The van der Waals surface area contributed by atoms with E-state index in [1.165, 1.54) is 58.2 Å². The first-order valence-corrected chi connectivity index (χ1v) is 11.7. The number of unbranched alkanes of at least 4 members (excludes halogenated alkanes) is 2. The Morgan fingerprint density at radius 3 is 2.59 bits per heavy atom. The van der Waals surface area contributed by atoms with Gasteiger partial charge in [0, 0.05) is 45.5 Å². The lowest BCUT2D eigenvalue weighted by Gasteiger charge is -2.32.